The summed E-state index contributed by atoms with van der Waals surface area (Å²) in [5.74, 6) is -1.40. The van der Waals surface area contributed by atoms with Gasteiger partial charge in [0.1, 0.15) is 5.82 Å². The number of benzene rings is 1. The molecule has 1 aliphatic heterocycles. The standard InChI is InChI=1S/C15H19FN2O2/c1-3-4-9(2)17-15(20)12-8-14(19)18-13-7-10(16)5-6-11(12)13/h5-7,9,12H,3-4,8H2,1-2H3,(H,17,20)(H,18,19)/t9-,12-/m0/s1. The summed E-state index contributed by atoms with van der Waals surface area (Å²) in [5.41, 5.74) is 1.07. The first-order chi connectivity index (χ1) is 9.51. The van der Waals surface area contributed by atoms with Gasteiger partial charge in [-0.2, -0.15) is 0 Å². The maximum Gasteiger partial charge on any atom is 0.228 e. The van der Waals surface area contributed by atoms with Crippen LogP contribution in [-0.4, -0.2) is 17.9 Å². The van der Waals surface area contributed by atoms with E-state index in [9.17, 15) is 14.0 Å². The molecular formula is C15H19FN2O2. The van der Waals surface area contributed by atoms with Gasteiger partial charge in [0.05, 0.1) is 5.92 Å². The van der Waals surface area contributed by atoms with E-state index in [0.717, 1.165) is 12.8 Å². The molecule has 2 rings (SSSR count). The van der Waals surface area contributed by atoms with E-state index in [-0.39, 0.29) is 24.3 Å². The minimum absolute atomic E-state index is 0.0707. The fraction of sp³-hybridized carbons (Fsp3) is 0.467. The van der Waals surface area contributed by atoms with Gasteiger partial charge in [0.15, 0.2) is 0 Å². The fourth-order valence-corrected chi connectivity index (χ4v) is 2.52. The van der Waals surface area contributed by atoms with Crippen LogP contribution in [0.4, 0.5) is 10.1 Å². The summed E-state index contributed by atoms with van der Waals surface area (Å²) in [4.78, 5) is 23.9. The summed E-state index contributed by atoms with van der Waals surface area (Å²) in [5, 5.41) is 5.52. The summed E-state index contributed by atoms with van der Waals surface area (Å²) in [6.07, 6.45) is 1.97. The van der Waals surface area contributed by atoms with Crippen molar-refractivity contribution in [3.8, 4) is 0 Å². The van der Waals surface area contributed by atoms with Gasteiger partial charge >= 0.3 is 0 Å². The molecule has 4 nitrogen and oxygen atoms in total. The van der Waals surface area contributed by atoms with Gasteiger partial charge in [0, 0.05) is 18.2 Å². The lowest BCUT2D eigenvalue weighted by molar-refractivity contribution is -0.126. The second kappa shape index (κ2) is 6.03. The molecule has 1 heterocycles. The molecule has 2 N–H and O–H groups in total. The summed E-state index contributed by atoms with van der Waals surface area (Å²) in [6, 6.07) is 4.20. The van der Waals surface area contributed by atoms with Gasteiger partial charge in [-0.05, 0) is 31.0 Å². The predicted octanol–water partition coefficient (Wildman–Crippen LogP) is 2.56. The SMILES string of the molecule is CCC[C@H](C)NC(=O)[C@H]1CC(=O)Nc2cc(F)ccc21. The lowest BCUT2D eigenvalue weighted by Crippen LogP contribution is -2.39. The Bertz CT molecular complexity index is 531. The Hall–Kier alpha value is -1.91. The van der Waals surface area contributed by atoms with Crippen molar-refractivity contribution in [1.29, 1.82) is 0 Å². The van der Waals surface area contributed by atoms with Gasteiger partial charge in [-0.3, -0.25) is 9.59 Å². The Morgan fingerprint density at radius 2 is 2.30 bits per heavy atom. The summed E-state index contributed by atoms with van der Waals surface area (Å²) >= 11 is 0. The van der Waals surface area contributed by atoms with Crippen molar-refractivity contribution in [2.45, 2.75) is 45.1 Å². The molecule has 1 aromatic rings. The van der Waals surface area contributed by atoms with Gasteiger partial charge in [-0.15, -0.1) is 0 Å². The van der Waals surface area contributed by atoms with Gasteiger partial charge in [0.25, 0.3) is 0 Å². The Morgan fingerprint density at radius 3 is 3.00 bits per heavy atom. The first-order valence-corrected chi connectivity index (χ1v) is 6.91. The molecule has 0 aromatic heterocycles. The Balaban J connectivity index is 2.20. The monoisotopic (exact) mass is 278 g/mol. The molecule has 0 bridgehead atoms. The third-order valence-corrected chi connectivity index (χ3v) is 3.48. The maximum absolute atomic E-state index is 13.2. The smallest absolute Gasteiger partial charge is 0.228 e. The van der Waals surface area contributed by atoms with Crippen molar-refractivity contribution in [2.75, 3.05) is 5.32 Å². The third kappa shape index (κ3) is 3.15. The molecule has 20 heavy (non-hydrogen) atoms. The highest BCUT2D eigenvalue weighted by Gasteiger charge is 2.31. The lowest BCUT2D eigenvalue weighted by atomic mass is 9.89. The second-order valence-electron chi connectivity index (χ2n) is 5.23. The summed E-state index contributed by atoms with van der Waals surface area (Å²) < 4.78 is 13.2. The van der Waals surface area contributed by atoms with Crippen LogP contribution in [0.25, 0.3) is 0 Å². The minimum Gasteiger partial charge on any atom is -0.353 e. The summed E-state index contributed by atoms with van der Waals surface area (Å²) in [6.45, 7) is 3.99. The molecule has 0 fully saturated rings. The van der Waals surface area contributed by atoms with Crippen LogP contribution in [0.15, 0.2) is 18.2 Å². The zero-order valence-corrected chi connectivity index (χ0v) is 11.7. The van der Waals surface area contributed by atoms with Crippen LogP contribution in [-0.2, 0) is 9.59 Å². The zero-order valence-electron chi connectivity index (χ0n) is 11.7. The van der Waals surface area contributed by atoms with Crippen molar-refractivity contribution in [3.63, 3.8) is 0 Å². The van der Waals surface area contributed by atoms with E-state index in [1.165, 1.54) is 12.1 Å². The van der Waals surface area contributed by atoms with E-state index in [4.69, 9.17) is 0 Å². The van der Waals surface area contributed by atoms with Gasteiger partial charge in [0.2, 0.25) is 11.8 Å². The number of amides is 2. The normalized spacial score (nSPS) is 18.9. The number of rotatable bonds is 4. The second-order valence-corrected chi connectivity index (χ2v) is 5.23. The van der Waals surface area contributed by atoms with Crippen molar-refractivity contribution >= 4 is 17.5 Å². The van der Waals surface area contributed by atoms with Crippen LogP contribution in [0.3, 0.4) is 0 Å². The molecule has 108 valence electrons. The average molecular weight is 278 g/mol. The van der Waals surface area contributed by atoms with Gasteiger partial charge in [-0.1, -0.05) is 19.4 Å². The Labute approximate surface area is 117 Å². The van der Waals surface area contributed by atoms with Crippen LogP contribution in [0, 0.1) is 5.82 Å². The largest absolute Gasteiger partial charge is 0.353 e. The zero-order chi connectivity index (χ0) is 14.7. The van der Waals surface area contributed by atoms with Crippen molar-refractivity contribution in [2.24, 2.45) is 0 Å². The number of halogens is 1. The molecule has 5 heteroatoms. The molecule has 2 amide bonds. The van der Waals surface area contributed by atoms with Gasteiger partial charge in [-0.25, -0.2) is 4.39 Å². The molecule has 0 aliphatic carbocycles. The van der Waals surface area contributed by atoms with Crippen LogP contribution in [0.2, 0.25) is 0 Å². The average Bonchev–Trinajstić information content (AvgIpc) is 2.37. The fourth-order valence-electron chi connectivity index (χ4n) is 2.52. The van der Waals surface area contributed by atoms with Crippen molar-refractivity contribution < 1.29 is 14.0 Å². The number of fused-ring (bicyclic) bond motifs is 1. The van der Waals surface area contributed by atoms with E-state index in [1.807, 2.05) is 6.92 Å². The van der Waals surface area contributed by atoms with Crippen LogP contribution in [0.5, 0.6) is 0 Å². The molecular weight excluding hydrogens is 259 g/mol. The molecule has 1 aliphatic rings. The maximum atomic E-state index is 13.2. The first-order valence-electron chi connectivity index (χ1n) is 6.91. The molecule has 0 saturated carbocycles. The number of hydrogen-bond acceptors (Lipinski definition) is 2. The number of carbonyl (C=O) groups excluding carboxylic acids is 2. The highest BCUT2D eigenvalue weighted by atomic mass is 19.1. The predicted molar refractivity (Wildman–Crippen MR) is 74.9 cm³/mol. The molecule has 1 aromatic carbocycles. The molecule has 2 atom stereocenters. The molecule has 0 saturated heterocycles. The molecule has 0 spiro atoms. The van der Waals surface area contributed by atoms with Crippen LogP contribution in [0.1, 0.15) is 44.6 Å². The highest BCUT2D eigenvalue weighted by Crippen LogP contribution is 2.32. The third-order valence-electron chi connectivity index (χ3n) is 3.48. The quantitative estimate of drug-likeness (QED) is 0.889. The molecule has 0 radical (unpaired) electrons. The first kappa shape index (κ1) is 14.5. The Kier molecular flexibility index (Phi) is 4.37. The molecule has 0 unspecified atom stereocenters. The van der Waals surface area contributed by atoms with E-state index in [1.54, 1.807) is 6.07 Å². The number of carbonyl (C=O) groups is 2. The Morgan fingerprint density at radius 1 is 1.55 bits per heavy atom. The lowest BCUT2D eigenvalue weighted by Gasteiger charge is -2.26. The van der Waals surface area contributed by atoms with Crippen LogP contribution >= 0.6 is 0 Å². The van der Waals surface area contributed by atoms with E-state index in [0.29, 0.717) is 11.3 Å². The van der Waals surface area contributed by atoms with E-state index in [2.05, 4.69) is 17.6 Å². The van der Waals surface area contributed by atoms with E-state index >= 15 is 0 Å². The highest BCUT2D eigenvalue weighted by molar-refractivity contribution is 6.01. The van der Waals surface area contributed by atoms with Crippen molar-refractivity contribution in [3.05, 3.63) is 29.6 Å². The van der Waals surface area contributed by atoms with Gasteiger partial charge < -0.3 is 10.6 Å². The topological polar surface area (TPSA) is 58.2 Å². The van der Waals surface area contributed by atoms with Crippen molar-refractivity contribution in [1.82, 2.24) is 5.32 Å². The summed E-state index contributed by atoms with van der Waals surface area (Å²) in [7, 11) is 0. The number of anilines is 1. The number of hydrogen-bond donors (Lipinski definition) is 2. The minimum atomic E-state index is -0.543. The van der Waals surface area contributed by atoms with E-state index < -0.39 is 11.7 Å². The van der Waals surface area contributed by atoms with Crippen LogP contribution < -0.4 is 10.6 Å². The number of nitrogens with one attached hydrogen (secondary N) is 2.